The van der Waals surface area contributed by atoms with Gasteiger partial charge in [-0.2, -0.15) is 0 Å². The first-order valence-corrected chi connectivity index (χ1v) is 7.80. The van der Waals surface area contributed by atoms with E-state index in [0.29, 0.717) is 12.2 Å². The van der Waals surface area contributed by atoms with Crippen LogP contribution in [0, 0.1) is 0 Å². The van der Waals surface area contributed by atoms with Crippen LogP contribution in [0.1, 0.15) is 23.0 Å². The van der Waals surface area contributed by atoms with E-state index in [0.717, 1.165) is 11.3 Å². The molecule has 0 aliphatic rings. The Kier molecular flexibility index (Phi) is 4.95. The van der Waals surface area contributed by atoms with Crippen LogP contribution in [0.2, 0.25) is 0 Å². The normalized spacial score (nSPS) is 11.4. The van der Waals surface area contributed by atoms with E-state index in [-0.39, 0.29) is 23.0 Å². The SMILES string of the molecule is CCCS(=O)(=O)CCOc1csc(C(=O)O)c1. The van der Waals surface area contributed by atoms with Crippen molar-refractivity contribution in [2.75, 3.05) is 18.1 Å². The van der Waals surface area contributed by atoms with E-state index in [1.165, 1.54) is 6.07 Å². The quantitative estimate of drug-likeness (QED) is 0.820. The Morgan fingerprint density at radius 1 is 1.47 bits per heavy atom. The zero-order chi connectivity index (χ0) is 12.9. The van der Waals surface area contributed by atoms with Crippen molar-refractivity contribution in [2.45, 2.75) is 13.3 Å². The van der Waals surface area contributed by atoms with Gasteiger partial charge in [-0.05, 0) is 6.42 Å². The minimum atomic E-state index is -3.05. The van der Waals surface area contributed by atoms with E-state index in [9.17, 15) is 13.2 Å². The number of hydrogen-bond acceptors (Lipinski definition) is 5. The lowest BCUT2D eigenvalue weighted by molar-refractivity contribution is 0.0702. The number of rotatable bonds is 7. The number of ether oxygens (including phenoxy) is 1. The summed E-state index contributed by atoms with van der Waals surface area (Å²) in [5.74, 6) is -0.498. The zero-order valence-electron chi connectivity index (χ0n) is 9.38. The van der Waals surface area contributed by atoms with E-state index >= 15 is 0 Å². The molecule has 0 aromatic carbocycles. The molecule has 0 spiro atoms. The molecule has 0 fully saturated rings. The highest BCUT2D eigenvalue weighted by Crippen LogP contribution is 2.21. The number of sulfone groups is 1. The Labute approximate surface area is 104 Å². The van der Waals surface area contributed by atoms with Crippen LogP contribution in [0.3, 0.4) is 0 Å². The Morgan fingerprint density at radius 3 is 2.71 bits per heavy atom. The molecule has 17 heavy (non-hydrogen) atoms. The first-order valence-electron chi connectivity index (χ1n) is 5.09. The van der Waals surface area contributed by atoms with E-state index in [1.54, 1.807) is 12.3 Å². The molecule has 0 amide bonds. The molecule has 0 atom stereocenters. The van der Waals surface area contributed by atoms with Gasteiger partial charge in [0.2, 0.25) is 0 Å². The molecule has 0 radical (unpaired) electrons. The molecule has 0 aliphatic carbocycles. The van der Waals surface area contributed by atoms with Crippen LogP contribution in [-0.2, 0) is 9.84 Å². The molecule has 0 saturated heterocycles. The third-order valence-electron chi connectivity index (χ3n) is 1.96. The van der Waals surface area contributed by atoms with Crippen molar-refractivity contribution in [2.24, 2.45) is 0 Å². The van der Waals surface area contributed by atoms with E-state index in [4.69, 9.17) is 9.84 Å². The van der Waals surface area contributed by atoms with Crippen molar-refractivity contribution in [3.63, 3.8) is 0 Å². The summed E-state index contributed by atoms with van der Waals surface area (Å²) in [5, 5.41) is 10.2. The van der Waals surface area contributed by atoms with E-state index in [1.807, 2.05) is 0 Å². The average Bonchev–Trinajstić information content (AvgIpc) is 2.66. The van der Waals surface area contributed by atoms with Crippen LogP contribution >= 0.6 is 11.3 Å². The van der Waals surface area contributed by atoms with Gasteiger partial charge in [0, 0.05) is 11.4 Å². The average molecular weight is 278 g/mol. The van der Waals surface area contributed by atoms with E-state index in [2.05, 4.69) is 0 Å². The van der Waals surface area contributed by atoms with Gasteiger partial charge >= 0.3 is 5.97 Å². The highest BCUT2D eigenvalue weighted by atomic mass is 32.2. The highest BCUT2D eigenvalue weighted by Gasteiger charge is 2.11. The Balaban J connectivity index is 2.43. The van der Waals surface area contributed by atoms with Crippen molar-refractivity contribution in [1.82, 2.24) is 0 Å². The first-order chi connectivity index (χ1) is 7.94. The molecule has 7 heteroatoms. The molecule has 1 rings (SSSR count). The topological polar surface area (TPSA) is 80.7 Å². The summed E-state index contributed by atoms with van der Waals surface area (Å²) in [6, 6.07) is 1.39. The maximum absolute atomic E-state index is 11.4. The summed E-state index contributed by atoms with van der Waals surface area (Å²) in [6.45, 7) is 1.86. The third-order valence-corrected chi connectivity index (χ3v) is 4.68. The summed E-state index contributed by atoms with van der Waals surface area (Å²) in [6.07, 6.45) is 0.587. The second kappa shape index (κ2) is 6.02. The van der Waals surface area contributed by atoms with Gasteiger partial charge in [-0.25, -0.2) is 13.2 Å². The van der Waals surface area contributed by atoms with Gasteiger partial charge in [0.25, 0.3) is 0 Å². The highest BCUT2D eigenvalue weighted by molar-refractivity contribution is 7.91. The molecule has 0 saturated carbocycles. The lowest BCUT2D eigenvalue weighted by atomic mass is 10.4. The van der Waals surface area contributed by atoms with E-state index < -0.39 is 15.8 Å². The Hall–Kier alpha value is -1.08. The maximum atomic E-state index is 11.4. The standard InChI is InChI=1S/C10H14O5S2/c1-2-4-17(13,14)5-3-15-8-6-9(10(11)12)16-7-8/h6-7H,2-5H2,1H3,(H,11,12). The van der Waals surface area contributed by atoms with Crippen molar-refractivity contribution in [3.8, 4) is 5.75 Å². The number of aromatic carboxylic acids is 1. The summed E-state index contributed by atoms with van der Waals surface area (Å²) >= 11 is 1.05. The molecule has 96 valence electrons. The van der Waals surface area contributed by atoms with Gasteiger partial charge in [-0.3, -0.25) is 0 Å². The van der Waals surface area contributed by atoms with Crippen LogP contribution in [0.5, 0.6) is 5.75 Å². The number of hydrogen-bond donors (Lipinski definition) is 1. The van der Waals surface area contributed by atoms with Crippen LogP contribution < -0.4 is 4.74 Å². The monoisotopic (exact) mass is 278 g/mol. The van der Waals surface area contributed by atoms with Crippen LogP contribution in [0.25, 0.3) is 0 Å². The predicted molar refractivity (Wildman–Crippen MR) is 65.7 cm³/mol. The summed E-state index contributed by atoms with van der Waals surface area (Å²) < 4.78 is 27.9. The van der Waals surface area contributed by atoms with Crippen LogP contribution in [0.15, 0.2) is 11.4 Å². The number of carbonyl (C=O) groups is 1. The van der Waals surface area contributed by atoms with Crippen molar-refractivity contribution in [1.29, 1.82) is 0 Å². The molecule has 0 bridgehead atoms. The smallest absolute Gasteiger partial charge is 0.346 e. The van der Waals surface area contributed by atoms with Gasteiger partial charge in [0.15, 0.2) is 9.84 Å². The molecule has 5 nitrogen and oxygen atoms in total. The number of thiophene rings is 1. The van der Waals surface area contributed by atoms with Crippen LogP contribution in [0.4, 0.5) is 0 Å². The zero-order valence-corrected chi connectivity index (χ0v) is 11.0. The molecule has 0 unspecified atom stereocenters. The van der Waals surface area contributed by atoms with Crippen LogP contribution in [-0.4, -0.2) is 37.6 Å². The number of carboxylic acid groups (broad SMARTS) is 1. The summed E-state index contributed by atoms with van der Waals surface area (Å²) in [5.41, 5.74) is 0. The lowest BCUT2D eigenvalue weighted by Crippen LogP contribution is -2.16. The fourth-order valence-electron chi connectivity index (χ4n) is 1.21. The Bertz CT molecular complexity index is 475. The molecule has 1 heterocycles. The largest absolute Gasteiger partial charge is 0.492 e. The molecule has 1 aromatic heterocycles. The second-order valence-electron chi connectivity index (χ2n) is 3.45. The van der Waals surface area contributed by atoms with Gasteiger partial charge in [-0.15, -0.1) is 11.3 Å². The molecule has 1 aromatic rings. The second-order valence-corrected chi connectivity index (χ2v) is 6.67. The van der Waals surface area contributed by atoms with Gasteiger partial charge in [0.05, 0.1) is 11.5 Å². The van der Waals surface area contributed by atoms with Crippen molar-refractivity contribution < 1.29 is 23.1 Å². The third kappa shape index (κ3) is 4.74. The summed E-state index contributed by atoms with van der Waals surface area (Å²) in [4.78, 5) is 10.8. The summed E-state index contributed by atoms with van der Waals surface area (Å²) in [7, 11) is -3.05. The lowest BCUT2D eigenvalue weighted by Gasteiger charge is -2.04. The molecular formula is C10H14O5S2. The fourth-order valence-corrected chi connectivity index (χ4v) is 3.03. The fraction of sp³-hybridized carbons (Fsp3) is 0.500. The van der Waals surface area contributed by atoms with Gasteiger partial charge in [-0.1, -0.05) is 6.92 Å². The number of carboxylic acids is 1. The molecule has 1 N–H and O–H groups in total. The maximum Gasteiger partial charge on any atom is 0.346 e. The van der Waals surface area contributed by atoms with Gasteiger partial charge in [0.1, 0.15) is 17.2 Å². The molecule has 0 aliphatic heterocycles. The molecular weight excluding hydrogens is 264 g/mol. The van der Waals surface area contributed by atoms with Crippen molar-refractivity contribution in [3.05, 3.63) is 16.3 Å². The minimum absolute atomic E-state index is 0.0426. The predicted octanol–water partition coefficient (Wildman–Crippen LogP) is 1.65. The van der Waals surface area contributed by atoms with Crippen molar-refractivity contribution >= 4 is 27.1 Å². The Morgan fingerprint density at radius 2 is 2.18 bits per heavy atom. The minimum Gasteiger partial charge on any atom is -0.492 e. The van der Waals surface area contributed by atoms with Gasteiger partial charge < -0.3 is 9.84 Å². The first kappa shape index (κ1) is 14.0.